The lowest BCUT2D eigenvalue weighted by molar-refractivity contribution is 0.0493. The van der Waals surface area contributed by atoms with E-state index in [2.05, 4.69) is 37.9 Å². The SMILES string of the molecule is CCC1CNC(C)(CC)CN1C(C)c1cccc(F)c1. The second kappa shape index (κ2) is 6.23. The molecule has 1 heterocycles. The van der Waals surface area contributed by atoms with Crippen LogP contribution in [-0.4, -0.2) is 29.6 Å². The van der Waals surface area contributed by atoms with E-state index in [9.17, 15) is 4.39 Å². The van der Waals surface area contributed by atoms with Gasteiger partial charge in [-0.15, -0.1) is 0 Å². The largest absolute Gasteiger partial charge is 0.309 e. The van der Waals surface area contributed by atoms with Crippen LogP contribution in [0.3, 0.4) is 0 Å². The lowest BCUT2D eigenvalue weighted by Gasteiger charge is -2.48. The lowest BCUT2D eigenvalue weighted by atomic mass is 9.90. The molecule has 2 rings (SSSR count). The lowest BCUT2D eigenvalue weighted by Crippen LogP contribution is -2.62. The number of hydrogen-bond donors (Lipinski definition) is 1. The average Bonchev–Trinajstić information content (AvgIpc) is 2.46. The van der Waals surface area contributed by atoms with Gasteiger partial charge in [0.2, 0.25) is 0 Å². The van der Waals surface area contributed by atoms with Gasteiger partial charge >= 0.3 is 0 Å². The highest BCUT2D eigenvalue weighted by atomic mass is 19.1. The predicted octanol–water partition coefficient (Wildman–Crippen LogP) is 3.74. The Morgan fingerprint density at radius 1 is 1.45 bits per heavy atom. The van der Waals surface area contributed by atoms with E-state index < -0.39 is 0 Å². The molecule has 2 nitrogen and oxygen atoms in total. The zero-order chi connectivity index (χ0) is 14.8. The summed E-state index contributed by atoms with van der Waals surface area (Å²) in [4.78, 5) is 2.54. The molecule has 0 spiro atoms. The van der Waals surface area contributed by atoms with Gasteiger partial charge < -0.3 is 5.32 Å². The molecule has 1 aliphatic heterocycles. The molecule has 1 aromatic carbocycles. The summed E-state index contributed by atoms with van der Waals surface area (Å²) < 4.78 is 13.5. The van der Waals surface area contributed by atoms with Crippen LogP contribution >= 0.6 is 0 Å². The smallest absolute Gasteiger partial charge is 0.123 e. The van der Waals surface area contributed by atoms with Gasteiger partial charge in [0.15, 0.2) is 0 Å². The maximum absolute atomic E-state index is 13.5. The molecule has 1 saturated heterocycles. The standard InChI is InChI=1S/C17H27FN2/c1-5-16-11-19-17(4,6-2)12-20(16)13(3)14-8-7-9-15(18)10-14/h7-10,13,16,19H,5-6,11-12H2,1-4H3. The Hall–Kier alpha value is -0.930. The Balaban J connectivity index is 2.22. The molecular weight excluding hydrogens is 251 g/mol. The summed E-state index contributed by atoms with van der Waals surface area (Å²) in [6.45, 7) is 11.0. The van der Waals surface area contributed by atoms with Crippen LogP contribution in [0, 0.1) is 5.82 Å². The Morgan fingerprint density at radius 2 is 2.20 bits per heavy atom. The topological polar surface area (TPSA) is 15.3 Å². The van der Waals surface area contributed by atoms with Gasteiger partial charge in [0.05, 0.1) is 0 Å². The van der Waals surface area contributed by atoms with Crippen LogP contribution < -0.4 is 5.32 Å². The molecule has 1 fully saturated rings. The summed E-state index contributed by atoms with van der Waals surface area (Å²) in [5.41, 5.74) is 1.23. The predicted molar refractivity (Wildman–Crippen MR) is 82.3 cm³/mol. The van der Waals surface area contributed by atoms with Gasteiger partial charge in [-0.05, 0) is 44.4 Å². The molecule has 112 valence electrons. The van der Waals surface area contributed by atoms with Crippen molar-refractivity contribution in [3.8, 4) is 0 Å². The number of hydrogen-bond acceptors (Lipinski definition) is 2. The normalized spacial score (nSPS) is 29.4. The van der Waals surface area contributed by atoms with Crippen molar-refractivity contribution in [1.82, 2.24) is 10.2 Å². The van der Waals surface area contributed by atoms with Gasteiger partial charge in [-0.2, -0.15) is 0 Å². The van der Waals surface area contributed by atoms with Gasteiger partial charge in [0.25, 0.3) is 0 Å². The highest BCUT2D eigenvalue weighted by Crippen LogP contribution is 2.29. The van der Waals surface area contributed by atoms with Crippen LogP contribution in [0.25, 0.3) is 0 Å². The van der Waals surface area contributed by atoms with Crippen molar-refractivity contribution in [3.05, 3.63) is 35.6 Å². The van der Waals surface area contributed by atoms with Crippen molar-refractivity contribution in [1.29, 1.82) is 0 Å². The first kappa shape index (κ1) is 15.5. The zero-order valence-electron chi connectivity index (χ0n) is 13.1. The molecule has 0 radical (unpaired) electrons. The van der Waals surface area contributed by atoms with Crippen molar-refractivity contribution in [2.24, 2.45) is 0 Å². The van der Waals surface area contributed by atoms with Gasteiger partial charge in [-0.1, -0.05) is 26.0 Å². The highest BCUT2D eigenvalue weighted by molar-refractivity contribution is 5.20. The van der Waals surface area contributed by atoms with E-state index >= 15 is 0 Å². The molecule has 0 bridgehead atoms. The van der Waals surface area contributed by atoms with E-state index in [-0.39, 0.29) is 17.4 Å². The number of benzene rings is 1. The fourth-order valence-corrected chi connectivity index (χ4v) is 3.10. The first-order chi connectivity index (χ1) is 9.49. The second-order valence-electron chi connectivity index (χ2n) is 6.26. The Labute approximate surface area is 122 Å². The number of nitrogens with zero attached hydrogens (tertiary/aromatic N) is 1. The van der Waals surface area contributed by atoms with E-state index in [0.29, 0.717) is 6.04 Å². The first-order valence-corrected chi connectivity index (χ1v) is 7.75. The molecule has 1 aromatic rings. The molecule has 3 unspecified atom stereocenters. The van der Waals surface area contributed by atoms with Crippen LogP contribution in [0.2, 0.25) is 0 Å². The van der Waals surface area contributed by atoms with Crippen molar-refractivity contribution in [2.45, 2.75) is 58.2 Å². The minimum Gasteiger partial charge on any atom is -0.309 e. The van der Waals surface area contributed by atoms with Crippen molar-refractivity contribution >= 4 is 0 Å². The van der Waals surface area contributed by atoms with Crippen molar-refractivity contribution in [2.75, 3.05) is 13.1 Å². The number of rotatable bonds is 4. The monoisotopic (exact) mass is 278 g/mol. The summed E-state index contributed by atoms with van der Waals surface area (Å²) in [6, 6.07) is 7.80. The molecule has 20 heavy (non-hydrogen) atoms. The van der Waals surface area contributed by atoms with E-state index in [1.54, 1.807) is 6.07 Å². The van der Waals surface area contributed by atoms with Crippen LogP contribution in [-0.2, 0) is 0 Å². The minimum atomic E-state index is -0.143. The van der Waals surface area contributed by atoms with E-state index in [0.717, 1.165) is 31.5 Å². The van der Waals surface area contributed by atoms with Crippen LogP contribution in [0.5, 0.6) is 0 Å². The molecular formula is C17H27FN2. The fraction of sp³-hybridized carbons (Fsp3) is 0.647. The summed E-state index contributed by atoms with van der Waals surface area (Å²) in [6.07, 6.45) is 2.22. The summed E-state index contributed by atoms with van der Waals surface area (Å²) in [5, 5.41) is 3.68. The third-order valence-electron chi connectivity index (χ3n) is 4.85. The molecule has 0 aromatic heterocycles. The minimum absolute atomic E-state index is 0.143. The van der Waals surface area contributed by atoms with E-state index in [1.807, 2.05) is 12.1 Å². The van der Waals surface area contributed by atoms with Gasteiger partial charge in [0.1, 0.15) is 5.82 Å². The molecule has 3 heteroatoms. The van der Waals surface area contributed by atoms with E-state index in [4.69, 9.17) is 0 Å². The third kappa shape index (κ3) is 3.21. The summed E-state index contributed by atoms with van der Waals surface area (Å²) >= 11 is 0. The number of halogens is 1. The highest BCUT2D eigenvalue weighted by Gasteiger charge is 2.36. The Bertz CT molecular complexity index is 448. The fourth-order valence-electron chi connectivity index (χ4n) is 3.10. The molecule has 0 aliphatic carbocycles. The summed E-state index contributed by atoms with van der Waals surface area (Å²) in [5.74, 6) is -0.143. The molecule has 3 atom stereocenters. The number of nitrogens with one attached hydrogen (secondary N) is 1. The van der Waals surface area contributed by atoms with Crippen molar-refractivity contribution in [3.63, 3.8) is 0 Å². The van der Waals surface area contributed by atoms with Crippen molar-refractivity contribution < 1.29 is 4.39 Å². The first-order valence-electron chi connectivity index (χ1n) is 7.75. The quantitative estimate of drug-likeness (QED) is 0.902. The van der Waals surface area contributed by atoms with Crippen LogP contribution in [0.15, 0.2) is 24.3 Å². The van der Waals surface area contributed by atoms with E-state index in [1.165, 1.54) is 6.07 Å². The maximum Gasteiger partial charge on any atom is 0.123 e. The summed E-state index contributed by atoms with van der Waals surface area (Å²) in [7, 11) is 0. The third-order valence-corrected chi connectivity index (χ3v) is 4.85. The molecule has 0 amide bonds. The van der Waals surface area contributed by atoms with Gasteiger partial charge in [-0.3, -0.25) is 4.90 Å². The van der Waals surface area contributed by atoms with Crippen LogP contribution in [0.4, 0.5) is 4.39 Å². The molecule has 1 N–H and O–H groups in total. The number of piperazine rings is 1. The average molecular weight is 278 g/mol. The zero-order valence-corrected chi connectivity index (χ0v) is 13.1. The maximum atomic E-state index is 13.5. The van der Waals surface area contributed by atoms with Gasteiger partial charge in [0, 0.05) is 30.7 Å². The molecule has 0 saturated carbocycles. The van der Waals surface area contributed by atoms with Crippen LogP contribution in [0.1, 0.15) is 52.1 Å². The van der Waals surface area contributed by atoms with Gasteiger partial charge in [-0.25, -0.2) is 4.39 Å². The Kier molecular flexibility index (Phi) is 4.82. The Morgan fingerprint density at radius 3 is 2.80 bits per heavy atom. The second-order valence-corrected chi connectivity index (χ2v) is 6.26. The molecule has 1 aliphatic rings.